The summed E-state index contributed by atoms with van der Waals surface area (Å²) in [6.07, 6.45) is 0. The van der Waals surface area contributed by atoms with Crippen LogP contribution in [-0.4, -0.2) is 5.91 Å². The van der Waals surface area contributed by atoms with Crippen LogP contribution in [0.2, 0.25) is 15.1 Å². The molecular formula is C13H7Cl3INO. The number of rotatable bonds is 2. The molecule has 0 radical (unpaired) electrons. The number of benzene rings is 2. The maximum absolute atomic E-state index is 12.1. The molecule has 0 unspecified atom stereocenters. The molecular weight excluding hydrogens is 419 g/mol. The van der Waals surface area contributed by atoms with E-state index in [1.54, 1.807) is 36.4 Å². The summed E-state index contributed by atoms with van der Waals surface area (Å²) in [5.41, 5.74) is 0.926. The largest absolute Gasteiger partial charge is 0.321 e. The molecule has 2 rings (SSSR count). The monoisotopic (exact) mass is 425 g/mol. The number of halogens is 4. The van der Waals surface area contributed by atoms with Gasteiger partial charge in [-0.05, 0) is 52.9 Å². The lowest BCUT2D eigenvalue weighted by molar-refractivity contribution is 0.102. The lowest BCUT2D eigenvalue weighted by Gasteiger charge is -2.08. The SMILES string of the molecule is O=C(Nc1cccc(Cl)c1Cl)c1ccc(I)c(Cl)c1. The Morgan fingerprint density at radius 1 is 1.05 bits per heavy atom. The van der Waals surface area contributed by atoms with Crippen molar-refractivity contribution in [3.63, 3.8) is 0 Å². The molecule has 0 bridgehead atoms. The molecule has 0 aromatic heterocycles. The van der Waals surface area contributed by atoms with E-state index in [1.165, 1.54) is 0 Å². The van der Waals surface area contributed by atoms with Crippen LogP contribution < -0.4 is 5.32 Å². The van der Waals surface area contributed by atoms with Gasteiger partial charge in [0, 0.05) is 9.13 Å². The second-order valence-corrected chi connectivity index (χ2v) is 6.04. The van der Waals surface area contributed by atoms with Crippen molar-refractivity contribution in [1.29, 1.82) is 0 Å². The number of anilines is 1. The van der Waals surface area contributed by atoms with E-state index in [-0.39, 0.29) is 5.91 Å². The molecule has 0 fully saturated rings. The van der Waals surface area contributed by atoms with Gasteiger partial charge in [-0.25, -0.2) is 0 Å². The van der Waals surface area contributed by atoms with Gasteiger partial charge in [0.05, 0.1) is 20.8 Å². The van der Waals surface area contributed by atoms with Crippen LogP contribution in [0.15, 0.2) is 36.4 Å². The summed E-state index contributed by atoms with van der Waals surface area (Å²) in [5, 5.41) is 3.93. The van der Waals surface area contributed by atoms with Crippen molar-refractivity contribution in [2.75, 3.05) is 5.32 Å². The average molecular weight is 426 g/mol. The second kappa shape index (κ2) is 6.31. The fourth-order valence-electron chi connectivity index (χ4n) is 1.43. The Labute approximate surface area is 139 Å². The Morgan fingerprint density at radius 3 is 2.47 bits per heavy atom. The summed E-state index contributed by atoms with van der Waals surface area (Å²) in [7, 11) is 0. The van der Waals surface area contributed by atoms with Crippen LogP contribution in [-0.2, 0) is 0 Å². The van der Waals surface area contributed by atoms with Crippen LogP contribution in [0.4, 0.5) is 5.69 Å². The average Bonchev–Trinajstić information content (AvgIpc) is 2.38. The Bertz CT molecular complexity index is 646. The van der Waals surface area contributed by atoms with Gasteiger partial charge >= 0.3 is 0 Å². The van der Waals surface area contributed by atoms with Crippen molar-refractivity contribution in [2.24, 2.45) is 0 Å². The summed E-state index contributed by atoms with van der Waals surface area (Å²) in [5.74, 6) is -0.289. The molecule has 0 aliphatic carbocycles. The minimum Gasteiger partial charge on any atom is -0.321 e. The number of nitrogens with one attached hydrogen (secondary N) is 1. The Kier molecular flexibility index (Phi) is 4.95. The third-order valence-corrected chi connectivity index (χ3v) is 4.77. The van der Waals surface area contributed by atoms with Gasteiger partial charge < -0.3 is 5.32 Å². The fraction of sp³-hybridized carbons (Fsp3) is 0. The van der Waals surface area contributed by atoms with E-state index in [0.29, 0.717) is 26.3 Å². The molecule has 2 nitrogen and oxygen atoms in total. The molecule has 2 aromatic rings. The molecule has 0 atom stereocenters. The van der Waals surface area contributed by atoms with Gasteiger partial charge in [0.15, 0.2) is 0 Å². The van der Waals surface area contributed by atoms with Crippen LogP contribution >= 0.6 is 57.4 Å². The number of carbonyl (C=O) groups is 1. The molecule has 0 saturated heterocycles. The van der Waals surface area contributed by atoms with Crippen LogP contribution in [0.25, 0.3) is 0 Å². The molecule has 0 spiro atoms. The van der Waals surface area contributed by atoms with Crippen LogP contribution in [0.5, 0.6) is 0 Å². The first kappa shape index (κ1) is 14.9. The van der Waals surface area contributed by atoms with E-state index in [4.69, 9.17) is 34.8 Å². The highest BCUT2D eigenvalue weighted by atomic mass is 127. The van der Waals surface area contributed by atoms with E-state index >= 15 is 0 Å². The molecule has 98 valence electrons. The molecule has 0 heterocycles. The first-order chi connectivity index (χ1) is 8.99. The van der Waals surface area contributed by atoms with Crippen molar-refractivity contribution in [1.82, 2.24) is 0 Å². The summed E-state index contributed by atoms with van der Waals surface area (Å²) in [4.78, 5) is 12.1. The number of amides is 1. The van der Waals surface area contributed by atoms with Crippen molar-refractivity contribution < 1.29 is 4.79 Å². The Hall–Kier alpha value is -0.490. The van der Waals surface area contributed by atoms with Gasteiger partial charge in [-0.3, -0.25) is 4.79 Å². The zero-order valence-electron chi connectivity index (χ0n) is 9.38. The van der Waals surface area contributed by atoms with Crippen molar-refractivity contribution in [2.45, 2.75) is 0 Å². The summed E-state index contributed by atoms with van der Waals surface area (Å²) in [6, 6.07) is 10.1. The van der Waals surface area contributed by atoms with E-state index in [0.717, 1.165) is 3.57 Å². The number of carbonyl (C=O) groups excluding carboxylic acids is 1. The first-order valence-corrected chi connectivity index (χ1v) is 7.40. The molecule has 0 saturated carbocycles. The summed E-state index contributed by atoms with van der Waals surface area (Å²) < 4.78 is 0.886. The highest BCUT2D eigenvalue weighted by Crippen LogP contribution is 2.30. The zero-order valence-corrected chi connectivity index (χ0v) is 13.8. The number of hydrogen-bond acceptors (Lipinski definition) is 1. The first-order valence-electron chi connectivity index (χ1n) is 5.19. The van der Waals surface area contributed by atoms with E-state index < -0.39 is 0 Å². The van der Waals surface area contributed by atoms with Gasteiger partial charge in [-0.1, -0.05) is 40.9 Å². The van der Waals surface area contributed by atoms with Crippen LogP contribution in [0.1, 0.15) is 10.4 Å². The number of hydrogen-bond donors (Lipinski definition) is 1. The Balaban J connectivity index is 2.26. The third kappa shape index (κ3) is 3.54. The van der Waals surface area contributed by atoms with Gasteiger partial charge in [-0.15, -0.1) is 0 Å². The molecule has 2 aromatic carbocycles. The standard InChI is InChI=1S/C13H7Cl3INO/c14-8-2-1-3-11(12(8)16)18-13(19)7-4-5-10(17)9(15)6-7/h1-6H,(H,18,19). The van der Waals surface area contributed by atoms with Crippen molar-refractivity contribution in [3.8, 4) is 0 Å². The van der Waals surface area contributed by atoms with Gasteiger partial charge in [0.1, 0.15) is 0 Å². The van der Waals surface area contributed by atoms with Crippen molar-refractivity contribution in [3.05, 3.63) is 60.6 Å². The predicted molar refractivity (Wildman–Crippen MR) is 88.6 cm³/mol. The maximum Gasteiger partial charge on any atom is 0.255 e. The molecule has 1 amide bonds. The molecule has 1 N–H and O–H groups in total. The lowest BCUT2D eigenvalue weighted by atomic mass is 10.2. The third-order valence-electron chi connectivity index (χ3n) is 2.38. The fourth-order valence-corrected chi connectivity index (χ4v) is 2.30. The molecule has 6 heteroatoms. The predicted octanol–water partition coefficient (Wildman–Crippen LogP) is 5.50. The molecule has 19 heavy (non-hydrogen) atoms. The topological polar surface area (TPSA) is 29.1 Å². The summed E-state index contributed by atoms with van der Waals surface area (Å²) in [6.45, 7) is 0. The zero-order chi connectivity index (χ0) is 14.0. The van der Waals surface area contributed by atoms with Gasteiger partial charge in [-0.2, -0.15) is 0 Å². The maximum atomic E-state index is 12.1. The van der Waals surface area contributed by atoms with E-state index in [2.05, 4.69) is 27.9 Å². The molecule has 0 aliphatic heterocycles. The van der Waals surface area contributed by atoms with Crippen LogP contribution in [0.3, 0.4) is 0 Å². The van der Waals surface area contributed by atoms with E-state index in [1.807, 2.05) is 0 Å². The van der Waals surface area contributed by atoms with Gasteiger partial charge in [0.2, 0.25) is 0 Å². The molecule has 0 aliphatic rings. The minimum absolute atomic E-state index is 0.289. The lowest BCUT2D eigenvalue weighted by Crippen LogP contribution is -2.12. The normalized spacial score (nSPS) is 10.3. The van der Waals surface area contributed by atoms with Gasteiger partial charge in [0.25, 0.3) is 5.91 Å². The second-order valence-electron chi connectivity index (χ2n) is 3.68. The summed E-state index contributed by atoms with van der Waals surface area (Å²) >= 11 is 20.0. The van der Waals surface area contributed by atoms with Crippen LogP contribution in [0, 0.1) is 3.57 Å². The van der Waals surface area contributed by atoms with Crippen molar-refractivity contribution >= 4 is 69.0 Å². The highest BCUT2D eigenvalue weighted by molar-refractivity contribution is 14.1. The Morgan fingerprint density at radius 2 is 1.79 bits per heavy atom. The highest BCUT2D eigenvalue weighted by Gasteiger charge is 2.11. The van der Waals surface area contributed by atoms with E-state index in [9.17, 15) is 4.79 Å². The quantitative estimate of drug-likeness (QED) is 0.631. The smallest absolute Gasteiger partial charge is 0.255 e. The minimum atomic E-state index is -0.289.